The predicted molar refractivity (Wildman–Crippen MR) is 71.8 cm³/mol. The topological polar surface area (TPSA) is 76.4 Å². The zero-order chi connectivity index (χ0) is 14.2. The second-order valence-corrected chi connectivity index (χ2v) is 6.35. The standard InChI is InChI=1S/C14H13NO4S/c16-14(13-12-8-4-5-10(12)9-19-13)15-20(17,18)11-6-2-1-3-7-11/h1-3,6-7,9H,4-5,8H2,(H,15,16). The van der Waals surface area contributed by atoms with E-state index in [2.05, 4.69) is 0 Å². The highest BCUT2D eigenvalue weighted by Crippen LogP contribution is 2.27. The quantitative estimate of drug-likeness (QED) is 0.937. The Bertz CT molecular complexity index is 747. The van der Waals surface area contributed by atoms with Gasteiger partial charge in [-0.3, -0.25) is 4.79 Å². The fourth-order valence-corrected chi connectivity index (χ4v) is 3.35. The number of aryl methyl sites for hydroxylation is 1. The number of sulfonamides is 1. The number of amides is 1. The molecule has 0 unspecified atom stereocenters. The number of benzene rings is 1. The predicted octanol–water partition coefficient (Wildman–Crippen LogP) is 1.89. The van der Waals surface area contributed by atoms with E-state index in [1.807, 2.05) is 4.72 Å². The van der Waals surface area contributed by atoms with Gasteiger partial charge in [-0.25, -0.2) is 13.1 Å². The van der Waals surface area contributed by atoms with Gasteiger partial charge in [-0.1, -0.05) is 18.2 Å². The summed E-state index contributed by atoms with van der Waals surface area (Å²) in [5.74, 6) is -0.603. The molecule has 2 aromatic rings. The highest BCUT2D eigenvalue weighted by molar-refractivity contribution is 7.90. The lowest BCUT2D eigenvalue weighted by Gasteiger charge is -2.06. The second-order valence-electron chi connectivity index (χ2n) is 4.67. The number of carbonyl (C=O) groups is 1. The minimum atomic E-state index is -3.86. The minimum absolute atomic E-state index is 0.0524. The fraction of sp³-hybridized carbons (Fsp3) is 0.214. The molecule has 0 fully saturated rings. The Morgan fingerprint density at radius 1 is 1.15 bits per heavy atom. The Morgan fingerprint density at radius 3 is 2.65 bits per heavy atom. The van der Waals surface area contributed by atoms with Gasteiger partial charge in [-0.15, -0.1) is 0 Å². The molecule has 1 heterocycles. The molecule has 0 radical (unpaired) electrons. The normalized spacial score (nSPS) is 14.0. The zero-order valence-electron chi connectivity index (χ0n) is 10.6. The second kappa shape index (κ2) is 4.79. The molecular formula is C14H13NO4S. The first-order valence-corrected chi connectivity index (χ1v) is 7.78. The lowest BCUT2D eigenvalue weighted by molar-refractivity contribution is 0.0953. The first-order valence-electron chi connectivity index (χ1n) is 6.29. The van der Waals surface area contributed by atoms with Crippen molar-refractivity contribution < 1.29 is 17.6 Å². The summed E-state index contributed by atoms with van der Waals surface area (Å²) in [6.45, 7) is 0. The Kier molecular flexibility index (Phi) is 3.10. The third kappa shape index (κ3) is 2.22. The molecule has 1 amide bonds. The maximum absolute atomic E-state index is 12.1. The van der Waals surface area contributed by atoms with E-state index in [1.54, 1.807) is 18.2 Å². The number of hydrogen-bond acceptors (Lipinski definition) is 4. The Balaban J connectivity index is 1.86. The molecule has 1 aromatic heterocycles. The van der Waals surface area contributed by atoms with Crippen molar-refractivity contribution in [2.45, 2.75) is 24.2 Å². The molecular weight excluding hydrogens is 278 g/mol. The number of furan rings is 1. The fourth-order valence-electron chi connectivity index (χ4n) is 2.38. The molecule has 0 bridgehead atoms. The maximum Gasteiger partial charge on any atom is 0.300 e. The van der Waals surface area contributed by atoms with Gasteiger partial charge in [0.1, 0.15) is 0 Å². The van der Waals surface area contributed by atoms with Crippen LogP contribution < -0.4 is 4.72 Å². The highest BCUT2D eigenvalue weighted by Gasteiger charge is 2.26. The molecule has 6 heteroatoms. The van der Waals surface area contributed by atoms with Crippen LogP contribution in [0, 0.1) is 0 Å². The average molecular weight is 291 g/mol. The van der Waals surface area contributed by atoms with E-state index in [4.69, 9.17) is 4.42 Å². The summed E-state index contributed by atoms with van der Waals surface area (Å²) in [5, 5.41) is 0. The van der Waals surface area contributed by atoms with Gasteiger partial charge < -0.3 is 4.42 Å². The summed E-state index contributed by atoms with van der Waals surface area (Å²) < 4.78 is 31.4. The highest BCUT2D eigenvalue weighted by atomic mass is 32.2. The van der Waals surface area contributed by atoms with E-state index in [9.17, 15) is 13.2 Å². The van der Waals surface area contributed by atoms with E-state index in [1.165, 1.54) is 18.4 Å². The van der Waals surface area contributed by atoms with Gasteiger partial charge in [0.2, 0.25) is 0 Å². The van der Waals surface area contributed by atoms with Crippen molar-refractivity contribution in [2.75, 3.05) is 0 Å². The summed E-state index contributed by atoms with van der Waals surface area (Å²) in [4.78, 5) is 12.1. The SMILES string of the molecule is O=C(NS(=O)(=O)c1ccccc1)c1occ2c1CCC2. The van der Waals surface area contributed by atoms with Crippen molar-refractivity contribution >= 4 is 15.9 Å². The van der Waals surface area contributed by atoms with Crippen LogP contribution in [-0.2, 0) is 22.9 Å². The van der Waals surface area contributed by atoms with Gasteiger partial charge in [0.15, 0.2) is 5.76 Å². The molecule has 104 valence electrons. The van der Waals surface area contributed by atoms with Crippen LogP contribution in [0.5, 0.6) is 0 Å². The van der Waals surface area contributed by atoms with Crippen LogP contribution in [0.2, 0.25) is 0 Å². The van der Waals surface area contributed by atoms with Crippen molar-refractivity contribution in [3.8, 4) is 0 Å². The van der Waals surface area contributed by atoms with Gasteiger partial charge in [-0.05, 0) is 37.0 Å². The summed E-state index contributed by atoms with van der Waals surface area (Å²) in [6, 6.07) is 7.78. The summed E-state index contributed by atoms with van der Waals surface area (Å²) in [7, 11) is -3.86. The van der Waals surface area contributed by atoms with Crippen LogP contribution in [0.3, 0.4) is 0 Å². The molecule has 1 aromatic carbocycles. The molecule has 0 saturated heterocycles. The molecule has 0 aliphatic heterocycles. The van der Waals surface area contributed by atoms with Gasteiger partial charge in [-0.2, -0.15) is 0 Å². The number of fused-ring (bicyclic) bond motifs is 1. The van der Waals surface area contributed by atoms with Crippen LogP contribution in [0.25, 0.3) is 0 Å². The molecule has 5 nitrogen and oxygen atoms in total. The summed E-state index contributed by atoms with van der Waals surface area (Å²) >= 11 is 0. The van der Waals surface area contributed by atoms with Crippen molar-refractivity contribution in [1.82, 2.24) is 4.72 Å². The third-order valence-corrected chi connectivity index (χ3v) is 4.69. The van der Waals surface area contributed by atoms with Crippen LogP contribution in [0.1, 0.15) is 28.1 Å². The first kappa shape index (κ1) is 12.9. The first-order chi connectivity index (χ1) is 9.58. The van der Waals surface area contributed by atoms with E-state index in [-0.39, 0.29) is 10.7 Å². The van der Waals surface area contributed by atoms with E-state index in [0.717, 1.165) is 30.4 Å². The molecule has 0 atom stereocenters. The summed E-state index contributed by atoms with van der Waals surface area (Å²) in [5.41, 5.74) is 1.82. The zero-order valence-corrected chi connectivity index (χ0v) is 11.4. The Labute approximate surface area is 116 Å². The largest absolute Gasteiger partial charge is 0.459 e. The molecule has 3 rings (SSSR count). The van der Waals surface area contributed by atoms with E-state index < -0.39 is 15.9 Å². The van der Waals surface area contributed by atoms with E-state index in [0.29, 0.717) is 0 Å². The molecule has 1 aliphatic rings. The molecule has 0 saturated carbocycles. The third-order valence-electron chi connectivity index (χ3n) is 3.34. The summed E-state index contributed by atoms with van der Waals surface area (Å²) in [6.07, 6.45) is 4.12. The number of rotatable bonds is 3. The number of nitrogens with one attached hydrogen (secondary N) is 1. The van der Waals surface area contributed by atoms with Gasteiger partial charge >= 0.3 is 5.91 Å². The lowest BCUT2D eigenvalue weighted by atomic mass is 10.2. The molecule has 1 aliphatic carbocycles. The lowest BCUT2D eigenvalue weighted by Crippen LogP contribution is -2.30. The Morgan fingerprint density at radius 2 is 1.90 bits per heavy atom. The molecule has 1 N–H and O–H groups in total. The van der Waals surface area contributed by atoms with Crippen molar-refractivity contribution in [2.24, 2.45) is 0 Å². The Hall–Kier alpha value is -2.08. The number of hydrogen-bond donors (Lipinski definition) is 1. The average Bonchev–Trinajstić information content (AvgIpc) is 3.01. The van der Waals surface area contributed by atoms with Crippen LogP contribution >= 0.6 is 0 Å². The van der Waals surface area contributed by atoms with Gasteiger partial charge in [0.25, 0.3) is 10.0 Å². The van der Waals surface area contributed by atoms with Crippen LogP contribution in [0.15, 0.2) is 45.9 Å². The minimum Gasteiger partial charge on any atom is -0.459 e. The number of carbonyl (C=O) groups excluding carboxylic acids is 1. The smallest absolute Gasteiger partial charge is 0.300 e. The molecule has 0 spiro atoms. The van der Waals surface area contributed by atoms with E-state index >= 15 is 0 Å². The van der Waals surface area contributed by atoms with Crippen LogP contribution in [-0.4, -0.2) is 14.3 Å². The maximum atomic E-state index is 12.1. The monoisotopic (exact) mass is 291 g/mol. The van der Waals surface area contributed by atoms with Gasteiger partial charge in [0.05, 0.1) is 11.2 Å². The van der Waals surface area contributed by atoms with Gasteiger partial charge in [0, 0.05) is 5.56 Å². The van der Waals surface area contributed by atoms with Crippen LogP contribution in [0.4, 0.5) is 0 Å². The van der Waals surface area contributed by atoms with Crippen molar-refractivity contribution in [1.29, 1.82) is 0 Å². The van der Waals surface area contributed by atoms with Crippen molar-refractivity contribution in [3.05, 3.63) is 53.5 Å². The van der Waals surface area contributed by atoms with Crippen molar-refractivity contribution in [3.63, 3.8) is 0 Å². The molecule has 20 heavy (non-hydrogen) atoms.